The molecule has 0 spiro atoms. The van der Waals surface area contributed by atoms with E-state index in [0.717, 1.165) is 17.6 Å². The summed E-state index contributed by atoms with van der Waals surface area (Å²) < 4.78 is 5.48. The van der Waals surface area contributed by atoms with Crippen LogP contribution in [-0.4, -0.2) is 18.9 Å². The molecule has 3 heteroatoms. The summed E-state index contributed by atoms with van der Waals surface area (Å²) in [6, 6.07) is 17.4. The molecule has 2 fully saturated rings. The zero-order valence-corrected chi connectivity index (χ0v) is 17.3. The third-order valence-electron chi connectivity index (χ3n) is 8.58. The Labute approximate surface area is 173 Å². The second kappa shape index (κ2) is 6.35. The van der Waals surface area contributed by atoms with E-state index in [0.29, 0.717) is 11.8 Å². The van der Waals surface area contributed by atoms with Gasteiger partial charge in [-0.05, 0) is 78.7 Å². The molecular weight excluding hydrogens is 358 g/mol. The van der Waals surface area contributed by atoms with Gasteiger partial charge in [-0.3, -0.25) is 0 Å². The number of hydrogen-bond acceptors (Lipinski definition) is 3. The number of ether oxygens (including phenoxy) is 1. The lowest BCUT2D eigenvalue weighted by molar-refractivity contribution is -0.0582. The van der Waals surface area contributed by atoms with Crippen molar-refractivity contribution in [3.63, 3.8) is 0 Å². The van der Waals surface area contributed by atoms with Gasteiger partial charge in [-0.15, -0.1) is 0 Å². The Balaban J connectivity index is 1.32. The van der Waals surface area contributed by atoms with Crippen molar-refractivity contribution in [2.45, 2.75) is 51.0 Å². The number of methoxy groups -OCH3 is 1. The maximum Gasteiger partial charge on any atom is 0.141 e. The standard InChI is InChI=1S/C26H29NO2/c1-26-13-12-20-19-11-9-18(28-2)14-17(19)8-10-21(20)23(26)15-22-24(27-29-25(22)26)16-6-4-3-5-7-16/h3-7,9,11,14,20-23,25H,8,10,12-13,15H2,1-2H3/t20-,21-,22+,23+,25-,26+/m1/s1. The summed E-state index contributed by atoms with van der Waals surface area (Å²) >= 11 is 0. The van der Waals surface area contributed by atoms with Gasteiger partial charge >= 0.3 is 0 Å². The molecule has 1 heterocycles. The molecule has 29 heavy (non-hydrogen) atoms. The van der Waals surface area contributed by atoms with Gasteiger partial charge in [-0.2, -0.15) is 0 Å². The summed E-state index contributed by atoms with van der Waals surface area (Å²) in [5.74, 6) is 3.62. The predicted molar refractivity (Wildman–Crippen MR) is 114 cm³/mol. The molecular formula is C26H29NO2. The van der Waals surface area contributed by atoms with E-state index in [1.165, 1.54) is 48.9 Å². The van der Waals surface area contributed by atoms with Crippen molar-refractivity contribution in [3.8, 4) is 5.75 Å². The van der Waals surface area contributed by atoms with E-state index >= 15 is 0 Å². The number of rotatable bonds is 2. The van der Waals surface area contributed by atoms with Crippen molar-refractivity contribution in [1.82, 2.24) is 0 Å². The van der Waals surface area contributed by atoms with Crippen LogP contribution in [0.15, 0.2) is 53.7 Å². The average Bonchev–Trinajstić information content (AvgIpc) is 3.32. The molecule has 2 aromatic rings. The number of aryl methyl sites for hydroxylation is 1. The summed E-state index contributed by atoms with van der Waals surface area (Å²) in [4.78, 5) is 6.17. The minimum Gasteiger partial charge on any atom is -0.497 e. The lowest BCUT2D eigenvalue weighted by Gasteiger charge is -2.50. The molecule has 0 saturated heterocycles. The van der Waals surface area contributed by atoms with Crippen molar-refractivity contribution in [3.05, 3.63) is 65.2 Å². The van der Waals surface area contributed by atoms with Crippen LogP contribution in [0.5, 0.6) is 5.75 Å². The van der Waals surface area contributed by atoms with Gasteiger partial charge in [0.2, 0.25) is 0 Å². The SMILES string of the molecule is COc1ccc2c(c1)CC[C@@H]1[C@@H]2CC[C@]2(C)[C@@H]3ON=C(c4ccccc4)[C@@H]3C[C@@H]12. The van der Waals surface area contributed by atoms with Gasteiger partial charge in [0.15, 0.2) is 0 Å². The smallest absolute Gasteiger partial charge is 0.141 e. The first-order chi connectivity index (χ1) is 14.2. The van der Waals surface area contributed by atoms with Gasteiger partial charge in [-0.25, -0.2) is 0 Å². The van der Waals surface area contributed by atoms with E-state index in [2.05, 4.69) is 60.6 Å². The largest absolute Gasteiger partial charge is 0.497 e. The number of benzene rings is 2. The zero-order chi connectivity index (χ0) is 19.6. The molecule has 6 atom stereocenters. The number of fused-ring (bicyclic) bond motifs is 7. The van der Waals surface area contributed by atoms with Crippen LogP contribution >= 0.6 is 0 Å². The zero-order valence-electron chi connectivity index (χ0n) is 17.3. The summed E-state index contributed by atoms with van der Waals surface area (Å²) in [6.45, 7) is 2.49. The molecule has 2 saturated carbocycles. The Kier molecular flexibility index (Phi) is 3.85. The molecule has 6 rings (SSSR count). The minimum absolute atomic E-state index is 0.246. The van der Waals surface area contributed by atoms with Crippen molar-refractivity contribution in [2.75, 3.05) is 7.11 Å². The monoisotopic (exact) mass is 387 g/mol. The molecule has 0 bridgehead atoms. The van der Waals surface area contributed by atoms with Crippen LogP contribution in [0.2, 0.25) is 0 Å². The molecule has 0 radical (unpaired) electrons. The fourth-order valence-electron chi connectivity index (χ4n) is 7.19. The van der Waals surface area contributed by atoms with Gasteiger partial charge in [0.05, 0.1) is 12.8 Å². The molecule has 1 aliphatic heterocycles. The Morgan fingerprint density at radius 1 is 1.07 bits per heavy atom. The Morgan fingerprint density at radius 2 is 1.93 bits per heavy atom. The Morgan fingerprint density at radius 3 is 2.76 bits per heavy atom. The quantitative estimate of drug-likeness (QED) is 0.673. The maximum atomic E-state index is 6.17. The number of nitrogens with zero attached hydrogens (tertiary/aromatic N) is 1. The van der Waals surface area contributed by atoms with Crippen LogP contribution in [0.3, 0.4) is 0 Å². The van der Waals surface area contributed by atoms with Crippen LogP contribution < -0.4 is 4.74 Å². The molecule has 3 nitrogen and oxygen atoms in total. The number of hydrogen-bond donors (Lipinski definition) is 0. The second-order valence-corrected chi connectivity index (χ2v) is 9.74. The second-order valence-electron chi connectivity index (χ2n) is 9.74. The van der Waals surface area contributed by atoms with Crippen LogP contribution in [0.25, 0.3) is 0 Å². The topological polar surface area (TPSA) is 30.8 Å². The summed E-state index contributed by atoms with van der Waals surface area (Å²) in [7, 11) is 1.77. The van der Waals surface area contributed by atoms with E-state index in [1.807, 2.05) is 0 Å². The molecule has 150 valence electrons. The van der Waals surface area contributed by atoms with Crippen LogP contribution in [0.1, 0.15) is 55.2 Å². The van der Waals surface area contributed by atoms with Crippen molar-refractivity contribution < 1.29 is 9.57 Å². The first kappa shape index (κ1) is 17.6. The first-order valence-electron chi connectivity index (χ1n) is 11.1. The van der Waals surface area contributed by atoms with E-state index in [9.17, 15) is 0 Å². The lowest BCUT2D eigenvalue weighted by Crippen LogP contribution is -2.44. The van der Waals surface area contributed by atoms with E-state index in [1.54, 1.807) is 12.7 Å². The molecule has 0 unspecified atom stereocenters. The highest BCUT2D eigenvalue weighted by Gasteiger charge is 2.62. The van der Waals surface area contributed by atoms with Crippen LogP contribution in [0, 0.1) is 23.2 Å². The molecule has 3 aliphatic carbocycles. The van der Waals surface area contributed by atoms with Gasteiger partial charge in [-0.1, -0.05) is 48.5 Å². The van der Waals surface area contributed by atoms with Crippen molar-refractivity contribution in [1.29, 1.82) is 0 Å². The lowest BCUT2D eigenvalue weighted by atomic mass is 9.55. The maximum absolute atomic E-state index is 6.17. The highest BCUT2D eigenvalue weighted by Crippen LogP contribution is 2.64. The summed E-state index contributed by atoms with van der Waals surface area (Å²) in [5, 5.41) is 4.59. The van der Waals surface area contributed by atoms with Gasteiger partial charge in [0, 0.05) is 11.3 Å². The van der Waals surface area contributed by atoms with Gasteiger partial charge < -0.3 is 9.57 Å². The van der Waals surface area contributed by atoms with Crippen LogP contribution in [0.4, 0.5) is 0 Å². The summed E-state index contributed by atoms with van der Waals surface area (Å²) in [6.07, 6.45) is 6.45. The molecule has 0 amide bonds. The van der Waals surface area contributed by atoms with E-state index in [-0.39, 0.29) is 11.5 Å². The fourth-order valence-corrected chi connectivity index (χ4v) is 7.19. The third-order valence-corrected chi connectivity index (χ3v) is 8.58. The number of oxime groups is 1. The van der Waals surface area contributed by atoms with Crippen LogP contribution in [-0.2, 0) is 11.3 Å². The normalized spacial score (nSPS) is 36.9. The highest BCUT2D eigenvalue weighted by molar-refractivity contribution is 6.03. The minimum atomic E-state index is 0.246. The fraction of sp³-hybridized carbons (Fsp3) is 0.500. The van der Waals surface area contributed by atoms with E-state index in [4.69, 9.17) is 9.57 Å². The third kappa shape index (κ3) is 2.46. The highest BCUT2D eigenvalue weighted by atomic mass is 16.6. The van der Waals surface area contributed by atoms with Crippen molar-refractivity contribution in [2.24, 2.45) is 28.3 Å². The molecule has 2 aromatic carbocycles. The van der Waals surface area contributed by atoms with E-state index < -0.39 is 0 Å². The molecule has 4 aliphatic rings. The molecule has 0 N–H and O–H groups in total. The summed E-state index contributed by atoms with van der Waals surface area (Å²) in [5.41, 5.74) is 5.76. The Hall–Kier alpha value is -2.29. The van der Waals surface area contributed by atoms with Gasteiger partial charge in [0.1, 0.15) is 11.9 Å². The average molecular weight is 388 g/mol. The Bertz CT molecular complexity index is 968. The predicted octanol–water partition coefficient (Wildman–Crippen LogP) is 5.58. The van der Waals surface area contributed by atoms with Gasteiger partial charge in [0.25, 0.3) is 0 Å². The van der Waals surface area contributed by atoms with Crippen molar-refractivity contribution >= 4 is 5.71 Å². The first-order valence-corrected chi connectivity index (χ1v) is 11.1. The molecule has 0 aromatic heterocycles.